The van der Waals surface area contributed by atoms with E-state index in [0.29, 0.717) is 5.75 Å². The van der Waals surface area contributed by atoms with E-state index in [-0.39, 0.29) is 0 Å². The first kappa shape index (κ1) is 13.2. The van der Waals surface area contributed by atoms with Gasteiger partial charge in [-0.3, -0.25) is 9.00 Å². The van der Waals surface area contributed by atoms with Crippen molar-refractivity contribution in [2.24, 2.45) is 0 Å². The Balaban J connectivity index is 2.84. The van der Waals surface area contributed by atoms with E-state index in [4.69, 9.17) is 5.11 Å². The Morgan fingerprint density at radius 2 is 2.13 bits per heavy atom. The molecule has 0 aromatic rings. The molecule has 1 unspecified atom stereocenters. The fraction of sp³-hybridized carbons (Fsp3) is 0.889. The lowest BCUT2D eigenvalue weighted by atomic mass is 10.1. The molecule has 6 heteroatoms. The highest BCUT2D eigenvalue weighted by molar-refractivity contribution is 8.14. The number of rotatable bonds is 3. The number of ketones is 1. The van der Waals surface area contributed by atoms with Crippen molar-refractivity contribution in [3.8, 4) is 0 Å². The average Bonchev–Trinajstić information content (AvgIpc) is 2.20. The maximum atomic E-state index is 11.8. The molecule has 1 aliphatic heterocycles. The third-order valence-electron chi connectivity index (χ3n) is 2.46. The maximum Gasteiger partial charge on any atom is 0.192 e. The first-order valence-corrected chi connectivity index (χ1v) is 7.13. The number of hydrogen-bond acceptors (Lipinski definition) is 5. The molecule has 0 radical (unpaired) electrons. The number of carbonyl (C=O) groups excluding carboxylic acids is 1. The third-order valence-corrected chi connectivity index (χ3v) is 6.34. The molecule has 0 amide bonds. The van der Waals surface area contributed by atoms with Crippen molar-refractivity contribution < 1.29 is 19.2 Å². The first-order chi connectivity index (χ1) is 6.89. The van der Waals surface area contributed by atoms with Crippen LogP contribution in [0.4, 0.5) is 0 Å². The van der Waals surface area contributed by atoms with Crippen molar-refractivity contribution in [1.29, 1.82) is 0 Å². The van der Waals surface area contributed by atoms with Gasteiger partial charge in [0.2, 0.25) is 0 Å². The van der Waals surface area contributed by atoms with Crippen LogP contribution in [-0.4, -0.2) is 48.0 Å². The highest BCUT2D eigenvalue weighted by Crippen LogP contribution is 2.36. The lowest BCUT2D eigenvalue weighted by Gasteiger charge is -2.32. The molecule has 1 rings (SSSR count). The zero-order valence-corrected chi connectivity index (χ0v) is 10.4. The van der Waals surface area contributed by atoms with E-state index in [2.05, 4.69) is 0 Å². The van der Waals surface area contributed by atoms with Gasteiger partial charge in [0.1, 0.15) is 10.2 Å². The molecule has 88 valence electrons. The summed E-state index contributed by atoms with van der Waals surface area (Å²) in [6, 6.07) is 0. The zero-order valence-electron chi connectivity index (χ0n) is 8.80. The van der Waals surface area contributed by atoms with Crippen molar-refractivity contribution in [1.82, 2.24) is 0 Å². The third kappa shape index (κ3) is 2.61. The minimum atomic E-state index is -1.44. The lowest BCUT2D eigenvalue weighted by Crippen LogP contribution is -2.49. The van der Waals surface area contributed by atoms with Gasteiger partial charge in [-0.2, -0.15) is 0 Å². The van der Waals surface area contributed by atoms with Gasteiger partial charge in [0.15, 0.2) is 5.78 Å². The molecule has 4 nitrogen and oxygen atoms in total. The number of carbonyl (C=O) groups is 1. The monoisotopic (exact) mass is 252 g/mol. The van der Waals surface area contributed by atoms with Crippen LogP contribution in [0.1, 0.15) is 20.3 Å². The van der Waals surface area contributed by atoms with Gasteiger partial charge in [0, 0.05) is 16.6 Å². The lowest BCUT2D eigenvalue weighted by molar-refractivity contribution is -0.132. The SMILES string of the molecule is C[C@@H](O)[C@H](O)C(=O)[C@@]1(C)SCCCS1=O. The quantitative estimate of drug-likeness (QED) is 0.733. The summed E-state index contributed by atoms with van der Waals surface area (Å²) >= 11 is 1.31. The molecular formula is C9H16O4S2. The summed E-state index contributed by atoms with van der Waals surface area (Å²) in [5, 5.41) is 18.6. The molecular weight excluding hydrogens is 236 g/mol. The minimum Gasteiger partial charge on any atom is -0.390 e. The molecule has 0 spiro atoms. The predicted octanol–water partition coefficient (Wildman–Crippen LogP) is -0.101. The van der Waals surface area contributed by atoms with Crippen LogP contribution in [0.2, 0.25) is 0 Å². The van der Waals surface area contributed by atoms with E-state index in [9.17, 15) is 14.1 Å². The van der Waals surface area contributed by atoms with Crippen molar-refractivity contribution in [2.45, 2.75) is 36.6 Å². The van der Waals surface area contributed by atoms with Crippen LogP contribution in [-0.2, 0) is 15.6 Å². The van der Waals surface area contributed by atoms with Gasteiger partial charge in [-0.05, 0) is 26.0 Å². The fourth-order valence-corrected chi connectivity index (χ4v) is 4.68. The number of aliphatic hydroxyl groups excluding tert-OH is 2. The molecule has 1 heterocycles. The normalized spacial score (nSPS) is 35.9. The van der Waals surface area contributed by atoms with Crippen molar-refractivity contribution in [3.05, 3.63) is 0 Å². The summed E-state index contributed by atoms with van der Waals surface area (Å²) in [6.45, 7) is 2.93. The van der Waals surface area contributed by atoms with Crippen LogP contribution in [0.5, 0.6) is 0 Å². The van der Waals surface area contributed by atoms with Crippen LogP contribution in [0.3, 0.4) is 0 Å². The van der Waals surface area contributed by atoms with Gasteiger partial charge in [0.25, 0.3) is 0 Å². The van der Waals surface area contributed by atoms with Gasteiger partial charge in [-0.25, -0.2) is 0 Å². The van der Waals surface area contributed by atoms with Gasteiger partial charge < -0.3 is 10.2 Å². The molecule has 0 aliphatic carbocycles. The molecule has 0 saturated carbocycles. The van der Waals surface area contributed by atoms with Crippen molar-refractivity contribution in [3.63, 3.8) is 0 Å². The van der Waals surface area contributed by atoms with E-state index >= 15 is 0 Å². The summed E-state index contributed by atoms with van der Waals surface area (Å²) in [7, 11) is -1.27. The standard InChI is InChI=1S/C9H16O4S2/c1-6(10)7(11)8(12)9(2)14-4-3-5-15(9)13/h6-7,10-11H,3-5H2,1-2H3/t6-,7+,9+,15?/m1/s1. The second kappa shape index (κ2) is 4.95. The van der Waals surface area contributed by atoms with E-state index in [1.54, 1.807) is 6.92 Å². The summed E-state index contributed by atoms with van der Waals surface area (Å²) in [5.41, 5.74) is 0. The Labute approximate surface area is 95.9 Å². The predicted molar refractivity (Wildman–Crippen MR) is 61.2 cm³/mol. The summed E-state index contributed by atoms with van der Waals surface area (Å²) in [6.07, 6.45) is -1.73. The molecule has 1 fully saturated rings. The van der Waals surface area contributed by atoms with E-state index < -0.39 is 32.9 Å². The second-order valence-electron chi connectivity index (χ2n) is 3.75. The molecule has 0 bridgehead atoms. The van der Waals surface area contributed by atoms with Crippen LogP contribution >= 0.6 is 11.8 Å². The van der Waals surface area contributed by atoms with Crippen LogP contribution in [0.25, 0.3) is 0 Å². The molecule has 0 aromatic carbocycles. The molecule has 1 aliphatic rings. The smallest absolute Gasteiger partial charge is 0.192 e. The van der Waals surface area contributed by atoms with Crippen LogP contribution in [0.15, 0.2) is 0 Å². The average molecular weight is 252 g/mol. The number of aliphatic hydroxyl groups is 2. The van der Waals surface area contributed by atoms with E-state index in [1.165, 1.54) is 18.7 Å². The maximum absolute atomic E-state index is 11.8. The Bertz CT molecular complexity index is 279. The zero-order chi connectivity index (χ0) is 11.6. The first-order valence-electron chi connectivity index (χ1n) is 4.82. The van der Waals surface area contributed by atoms with Crippen LogP contribution < -0.4 is 0 Å². The van der Waals surface area contributed by atoms with E-state index in [1.807, 2.05) is 0 Å². The van der Waals surface area contributed by atoms with Crippen molar-refractivity contribution >= 4 is 28.3 Å². The number of hydrogen-bond donors (Lipinski definition) is 2. The van der Waals surface area contributed by atoms with E-state index in [0.717, 1.165) is 12.2 Å². The molecule has 4 atom stereocenters. The van der Waals surface area contributed by atoms with Crippen LogP contribution in [0, 0.1) is 0 Å². The van der Waals surface area contributed by atoms with Gasteiger partial charge >= 0.3 is 0 Å². The Hall–Kier alpha value is 0.0900. The molecule has 0 aromatic heterocycles. The topological polar surface area (TPSA) is 74.6 Å². The highest BCUT2D eigenvalue weighted by Gasteiger charge is 2.45. The van der Waals surface area contributed by atoms with Gasteiger partial charge in [-0.15, -0.1) is 11.8 Å². The number of Topliss-reactive ketones (excluding diaryl/α,β-unsaturated/α-hetero) is 1. The fourth-order valence-electron chi connectivity index (χ4n) is 1.39. The Kier molecular flexibility index (Phi) is 4.34. The largest absolute Gasteiger partial charge is 0.390 e. The molecule has 2 N–H and O–H groups in total. The second-order valence-corrected chi connectivity index (χ2v) is 7.43. The molecule has 1 saturated heterocycles. The Morgan fingerprint density at radius 3 is 2.60 bits per heavy atom. The highest BCUT2D eigenvalue weighted by atomic mass is 32.2. The van der Waals surface area contributed by atoms with Crippen molar-refractivity contribution in [2.75, 3.05) is 11.5 Å². The van der Waals surface area contributed by atoms with Gasteiger partial charge in [-0.1, -0.05) is 0 Å². The summed E-state index contributed by atoms with van der Waals surface area (Å²) in [5.74, 6) is 0.725. The minimum absolute atomic E-state index is 0.488. The number of thioether (sulfide) groups is 1. The summed E-state index contributed by atoms with van der Waals surface area (Å²) in [4.78, 5) is 11.8. The molecule has 15 heavy (non-hydrogen) atoms. The Morgan fingerprint density at radius 1 is 1.53 bits per heavy atom. The summed E-state index contributed by atoms with van der Waals surface area (Å²) < 4.78 is 10.7. The van der Waals surface area contributed by atoms with Gasteiger partial charge in [0.05, 0.1) is 6.10 Å².